The molecule has 2 heteroatoms. The molecule has 56 valence electrons. The van der Waals surface area contributed by atoms with Crippen LogP contribution < -0.4 is 0 Å². The molecule has 1 nitrogen and oxygen atoms in total. The molecule has 1 heterocycles. The monoisotopic (exact) mass is 164 g/mol. The lowest BCUT2D eigenvalue weighted by atomic mass is 10.2. The second kappa shape index (κ2) is 2.24. The van der Waals surface area contributed by atoms with Crippen molar-refractivity contribution in [1.82, 2.24) is 0 Å². The third-order valence-corrected chi connectivity index (χ3v) is 2.65. The van der Waals surface area contributed by atoms with Crippen molar-refractivity contribution in [3.63, 3.8) is 0 Å². The Hall–Kier alpha value is -1.02. The van der Waals surface area contributed by atoms with Gasteiger partial charge >= 0.3 is 0 Å². The number of hydrogen-bond donors (Lipinski definition) is 1. The maximum absolute atomic E-state index is 9.14. The van der Waals surface area contributed by atoms with Gasteiger partial charge in [0.25, 0.3) is 0 Å². The zero-order valence-corrected chi connectivity index (χ0v) is 6.98. The van der Waals surface area contributed by atoms with Crippen molar-refractivity contribution in [2.24, 2.45) is 0 Å². The molecule has 0 saturated carbocycles. The Morgan fingerprint density at radius 2 is 2.09 bits per heavy atom. The van der Waals surface area contributed by atoms with Crippen LogP contribution in [0.1, 0.15) is 4.88 Å². The number of hydrogen-bond acceptors (Lipinski definition) is 2. The number of phenols is 1. The fourth-order valence-corrected chi connectivity index (χ4v) is 2.07. The van der Waals surface area contributed by atoms with Crippen molar-refractivity contribution in [2.75, 3.05) is 0 Å². The number of phenolic OH excluding ortho intramolecular Hbond substituents is 1. The Bertz CT molecular complexity index is 389. The Morgan fingerprint density at radius 3 is 2.91 bits per heavy atom. The van der Waals surface area contributed by atoms with Gasteiger partial charge in [-0.1, -0.05) is 0 Å². The van der Waals surface area contributed by atoms with E-state index in [1.165, 1.54) is 9.58 Å². The van der Waals surface area contributed by atoms with Crippen LogP contribution in [0, 0.1) is 6.92 Å². The summed E-state index contributed by atoms with van der Waals surface area (Å²) in [5.41, 5.74) is 0. The summed E-state index contributed by atoms with van der Waals surface area (Å²) >= 11 is 1.75. The highest BCUT2D eigenvalue weighted by Gasteiger charge is 1.97. The summed E-state index contributed by atoms with van der Waals surface area (Å²) in [5, 5.41) is 10.3. The number of fused-ring (bicyclic) bond motifs is 1. The largest absolute Gasteiger partial charge is 0.508 e. The van der Waals surface area contributed by atoms with Crippen LogP contribution in [0.4, 0.5) is 0 Å². The molecule has 0 radical (unpaired) electrons. The maximum atomic E-state index is 9.14. The third kappa shape index (κ3) is 1.10. The Balaban J connectivity index is 2.82. The molecule has 0 saturated heterocycles. The quantitative estimate of drug-likeness (QED) is 0.634. The highest BCUT2D eigenvalue weighted by Crippen LogP contribution is 2.27. The molecule has 0 fully saturated rings. The molecule has 0 unspecified atom stereocenters. The van der Waals surface area contributed by atoms with Crippen LogP contribution in [-0.2, 0) is 0 Å². The van der Waals surface area contributed by atoms with Crippen molar-refractivity contribution >= 4 is 21.4 Å². The minimum atomic E-state index is 0.343. The van der Waals surface area contributed by atoms with Gasteiger partial charge in [-0.05, 0) is 36.6 Å². The van der Waals surface area contributed by atoms with Gasteiger partial charge in [0, 0.05) is 9.58 Å². The standard InChI is InChI=1S/C9H8OS/c1-6-4-7-5-8(10)2-3-9(7)11-6/h2-5,10H,1H3. The van der Waals surface area contributed by atoms with E-state index in [1.807, 2.05) is 6.07 Å². The maximum Gasteiger partial charge on any atom is 0.116 e. The Kier molecular flexibility index (Phi) is 1.36. The molecule has 2 rings (SSSR count). The summed E-state index contributed by atoms with van der Waals surface area (Å²) in [5.74, 6) is 0.343. The van der Waals surface area contributed by atoms with Crippen molar-refractivity contribution in [3.05, 3.63) is 29.1 Å². The molecule has 0 bridgehead atoms. The highest BCUT2D eigenvalue weighted by atomic mass is 32.1. The van der Waals surface area contributed by atoms with Crippen molar-refractivity contribution < 1.29 is 5.11 Å². The summed E-state index contributed by atoms with van der Waals surface area (Å²) in [6.07, 6.45) is 0. The van der Waals surface area contributed by atoms with E-state index in [-0.39, 0.29) is 0 Å². The van der Waals surface area contributed by atoms with Crippen molar-refractivity contribution in [2.45, 2.75) is 6.92 Å². The molecule has 1 N–H and O–H groups in total. The molecule has 11 heavy (non-hydrogen) atoms. The summed E-state index contributed by atoms with van der Waals surface area (Å²) in [4.78, 5) is 1.28. The first-order valence-electron chi connectivity index (χ1n) is 3.45. The highest BCUT2D eigenvalue weighted by molar-refractivity contribution is 7.19. The van der Waals surface area contributed by atoms with Gasteiger partial charge in [-0.25, -0.2) is 0 Å². The topological polar surface area (TPSA) is 20.2 Å². The SMILES string of the molecule is Cc1cc2cc(O)ccc2s1. The second-order valence-corrected chi connectivity index (χ2v) is 3.87. The number of aromatic hydroxyl groups is 1. The fraction of sp³-hybridized carbons (Fsp3) is 0.111. The average molecular weight is 164 g/mol. The van der Waals surface area contributed by atoms with Crippen molar-refractivity contribution in [1.29, 1.82) is 0 Å². The lowest BCUT2D eigenvalue weighted by Gasteiger charge is -1.89. The van der Waals surface area contributed by atoms with Gasteiger partial charge in [0.1, 0.15) is 5.75 Å². The molecular formula is C9H8OS. The molecule has 0 spiro atoms. The Labute approximate surface area is 68.9 Å². The number of thiophene rings is 1. The van der Waals surface area contributed by atoms with E-state index in [1.54, 1.807) is 23.5 Å². The van der Waals surface area contributed by atoms with Gasteiger partial charge < -0.3 is 5.11 Å². The number of aryl methyl sites for hydroxylation is 1. The second-order valence-electron chi connectivity index (χ2n) is 2.58. The first-order valence-corrected chi connectivity index (χ1v) is 4.26. The third-order valence-electron chi connectivity index (χ3n) is 1.62. The predicted molar refractivity (Wildman–Crippen MR) is 48.2 cm³/mol. The van der Waals surface area contributed by atoms with Crippen molar-refractivity contribution in [3.8, 4) is 5.75 Å². The van der Waals surface area contributed by atoms with E-state index in [0.29, 0.717) is 5.75 Å². The number of benzene rings is 1. The normalized spacial score (nSPS) is 10.6. The molecule has 2 aromatic rings. The molecule has 0 amide bonds. The van der Waals surface area contributed by atoms with Crippen LogP contribution >= 0.6 is 11.3 Å². The van der Waals surface area contributed by atoms with Crippen LogP contribution in [0.5, 0.6) is 5.75 Å². The van der Waals surface area contributed by atoms with E-state index >= 15 is 0 Å². The molecule has 0 aliphatic heterocycles. The lowest BCUT2D eigenvalue weighted by Crippen LogP contribution is -1.62. The summed E-state index contributed by atoms with van der Waals surface area (Å²) in [6.45, 7) is 2.07. The van der Waals surface area contributed by atoms with E-state index in [0.717, 1.165) is 5.39 Å². The first-order chi connectivity index (χ1) is 5.25. The van der Waals surface area contributed by atoms with Gasteiger partial charge in [0.2, 0.25) is 0 Å². The lowest BCUT2D eigenvalue weighted by molar-refractivity contribution is 0.476. The zero-order valence-electron chi connectivity index (χ0n) is 6.16. The zero-order chi connectivity index (χ0) is 7.84. The predicted octanol–water partition coefficient (Wildman–Crippen LogP) is 2.92. The molecule has 1 aromatic carbocycles. The van der Waals surface area contributed by atoms with Crippen LogP contribution in [0.3, 0.4) is 0 Å². The van der Waals surface area contributed by atoms with Crippen LogP contribution in [0.2, 0.25) is 0 Å². The first kappa shape index (κ1) is 6.68. The molecule has 0 atom stereocenters. The van der Waals surface area contributed by atoms with Gasteiger partial charge in [0.05, 0.1) is 0 Å². The Morgan fingerprint density at radius 1 is 1.27 bits per heavy atom. The summed E-state index contributed by atoms with van der Waals surface area (Å²) in [7, 11) is 0. The van der Waals surface area contributed by atoms with Crippen LogP contribution in [0.25, 0.3) is 10.1 Å². The summed E-state index contributed by atoms with van der Waals surface area (Å²) in [6, 6.07) is 7.54. The average Bonchev–Trinajstić information content (AvgIpc) is 2.27. The molecule has 0 aliphatic carbocycles. The minimum absolute atomic E-state index is 0.343. The van der Waals surface area contributed by atoms with E-state index in [2.05, 4.69) is 13.0 Å². The fourth-order valence-electron chi connectivity index (χ4n) is 1.16. The van der Waals surface area contributed by atoms with E-state index in [4.69, 9.17) is 5.11 Å². The van der Waals surface area contributed by atoms with Gasteiger partial charge in [-0.3, -0.25) is 0 Å². The smallest absolute Gasteiger partial charge is 0.116 e. The molecule has 1 aromatic heterocycles. The van der Waals surface area contributed by atoms with Gasteiger partial charge in [-0.15, -0.1) is 11.3 Å². The molecule has 0 aliphatic rings. The minimum Gasteiger partial charge on any atom is -0.508 e. The van der Waals surface area contributed by atoms with Crippen LogP contribution in [-0.4, -0.2) is 5.11 Å². The van der Waals surface area contributed by atoms with Gasteiger partial charge in [0.15, 0.2) is 0 Å². The van der Waals surface area contributed by atoms with E-state index in [9.17, 15) is 0 Å². The molecular weight excluding hydrogens is 156 g/mol. The summed E-state index contributed by atoms with van der Waals surface area (Å²) < 4.78 is 1.24. The van der Waals surface area contributed by atoms with Gasteiger partial charge in [-0.2, -0.15) is 0 Å². The van der Waals surface area contributed by atoms with Crippen LogP contribution in [0.15, 0.2) is 24.3 Å². The van der Waals surface area contributed by atoms with E-state index < -0.39 is 0 Å². The number of rotatable bonds is 0.